The first-order chi connectivity index (χ1) is 9.92. The fraction of sp³-hybridized carbons (Fsp3) is 0.600. The molecule has 0 fully saturated rings. The monoisotopic (exact) mass is 356 g/mol. The van der Waals surface area contributed by atoms with Crippen molar-refractivity contribution >= 4 is 44.8 Å². The van der Waals surface area contributed by atoms with Gasteiger partial charge in [0, 0.05) is 19.6 Å². The van der Waals surface area contributed by atoms with E-state index in [9.17, 15) is 27.6 Å². The van der Waals surface area contributed by atoms with E-state index in [0.29, 0.717) is 11.8 Å². The standard InChI is InChI=1S/C10H16N2O8S2/c1-5(13)11-7(9(15)16)3-21-10(17)8(12-6(2)14)4-22(18,19)20/h7-8H,3-4H2,1-2H3,(H,11,13)(H,12,14)(H,15,16)(H,18,19,20)/t7-,8-/m0/s1. The number of thioether (sulfide) groups is 1. The highest BCUT2D eigenvalue weighted by Gasteiger charge is 2.28. The highest BCUT2D eigenvalue weighted by Crippen LogP contribution is 2.10. The minimum absolute atomic E-state index is 0.366. The van der Waals surface area contributed by atoms with Gasteiger partial charge in [0.1, 0.15) is 17.8 Å². The lowest BCUT2D eigenvalue weighted by Crippen LogP contribution is -2.45. The molecule has 126 valence electrons. The SMILES string of the molecule is CC(=O)N[C@@H](CSC(=O)[C@H](CS(=O)(=O)O)NC(C)=O)C(=O)O. The lowest BCUT2D eigenvalue weighted by atomic mass is 10.3. The van der Waals surface area contributed by atoms with Crippen LogP contribution in [0.4, 0.5) is 0 Å². The first kappa shape index (κ1) is 20.3. The molecule has 0 aromatic carbocycles. The predicted molar refractivity (Wildman–Crippen MR) is 76.7 cm³/mol. The van der Waals surface area contributed by atoms with Gasteiger partial charge in [0.2, 0.25) is 16.9 Å². The van der Waals surface area contributed by atoms with Gasteiger partial charge in [-0.3, -0.25) is 18.9 Å². The van der Waals surface area contributed by atoms with Gasteiger partial charge in [-0.1, -0.05) is 11.8 Å². The molecule has 0 saturated carbocycles. The molecule has 0 aliphatic heterocycles. The summed E-state index contributed by atoms with van der Waals surface area (Å²) in [5, 5.41) is 12.1. The number of amides is 2. The van der Waals surface area contributed by atoms with Crippen LogP contribution < -0.4 is 10.6 Å². The summed E-state index contributed by atoms with van der Waals surface area (Å²) in [6.45, 7) is 2.15. The number of carboxylic acids is 1. The summed E-state index contributed by atoms with van der Waals surface area (Å²) in [5.74, 6) is -4.08. The maximum atomic E-state index is 11.8. The zero-order valence-electron chi connectivity index (χ0n) is 11.7. The molecule has 0 unspecified atom stereocenters. The molecule has 12 heteroatoms. The molecule has 0 aromatic heterocycles. The van der Waals surface area contributed by atoms with Gasteiger partial charge >= 0.3 is 5.97 Å². The third kappa shape index (κ3) is 9.31. The van der Waals surface area contributed by atoms with Gasteiger partial charge in [-0.05, 0) is 0 Å². The second-order valence-electron chi connectivity index (χ2n) is 4.22. The fourth-order valence-electron chi connectivity index (χ4n) is 1.31. The molecular formula is C10H16N2O8S2. The Kier molecular flexibility index (Phi) is 8.05. The zero-order valence-corrected chi connectivity index (χ0v) is 13.4. The molecule has 0 aliphatic carbocycles. The first-order valence-electron chi connectivity index (χ1n) is 5.81. The fourth-order valence-corrected chi connectivity index (χ4v) is 2.97. The topological polar surface area (TPSA) is 167 Å². The molecule has 0 saturated heterocycles. The van der Waals surface area contributed by atoms with Gasteiger partial charge < -0.3 is 15.7 Å². The number of hydrogen-bond acceptors (Lipinski definition) is 7. The smallest absolute Gasteiger partial charge is 0.327 e. The molecule has 0 spiro atoms. The molecule has 0 aromatic rings. The van der Waals surface area contributed by atoms with E-state index in [1.807, 2.05) is 5.32 Å². The molecule has 0 aliphatic rings. The van der Waals surface area contributed by atoms with Crippen LogP contribution in [0, 0.1) is 0 Å². The van der Waals surface area contributed by atoms with E-state index in [0.717, 1.165) is 13.8 Å². The minimum Gasteiger partial charge on any atom is -0.480 e. The van der Waals surface area contributed by atoms with Crippen LogP contribution in [0.25, 0.3) is 0 Å². The van der Waals surface area contributed by atoms with Crippen molar-refractivity contribution in [3.8, 4) is 0 Å². The lowest BCUT2D eigenvalue weighted by molar-refractivity contribution is -0.140. The van der Waals surface area contributed by atoms with Crippen LogP contribution >= 0.6 is 11.8 Å². The molecule has 2 amide bonds. The average molecular weight is 356 g/mol. The van der Waals surface area contributed by atoms with E-state index in [2.05, 4.69) is 5.32 Å². The molecule has 0 heterocycles. The number of carbonyl (C=O) groups excluding carboxylic acids is 3. The van der Waals surface area contributed by atoms with E-state index in [1.165, 1.54) is 0 Å². The molecular weight excluding hydrogens is 340 g/mol. The summed E-state index contributed by atoms with van der Waals surface area (Å²) in [6, 6.07) is -2.88. The zero-order chi connectivity index (χ0) is 17.5. The third-order valence-electron chi connectivity index (χ3n) is 2.11. The van der Waals surface area contributed by atoms with E-state index < -0.39 is 50.9 Å². The molecule has 4 N–H and O–H groups in total. The van der Waals surface area contributed by atoms with Crippen molar-refractivity contribution in [1.82, 2.24) is 10.6 Å². The Hall–Kier alpha value is -1.66. The maximum Gasteiger partial charge on any atom is 0.327 e. The van der Waals surface area contributed by atoms with Crippen LogP contribution in [0.2, 0.25) is 0 Å². The summed E-state index contributed by atoms with van der Waals surface area (Å²) in [6.07, 6.45) is 0. The summed E-state index contributed by atoms with van der Waals surface area (Å²) in [4.78, 5) is 44.5. The summed E-state index contributed by atoms with van der Waals surface area (Å²) in [5.41, 5.74) is 0. The highest BCUT2D eigenvalue weighted by atomic mass is 32.2. The van der Waals surface area contributed by atoms with Gasteiger partial charge in [0.05, 0.1) is 0 Å². The summed E-state index contributed by atoms with van der Waals surface area (Å²) in [7, 11) is -4.52. The maximum absolute atomic E-state index is 11.8. The van der Waals surface area contributed by atoms with Crippen molar-refractivity contribution in [2.75, 3.05) is 11.5 Å². The van der Waals surface area contributed by atoms with E-state index in [4.69, 9.17) is 9.66 Å². The van der Waals surface area contributed by atoms with E-state index in [-0.39, 0.29) is 5.75 Å². The second kappa shape index (κ2) is 8.70. The predicted octanol–water partition coefficient (Wildman–Crippen LogP) is -1.77. The molecule has 2 atom stereocenters. The Morgan fingerprint density at radius 3 is 1.86 bits per heavy atom. The van der Waals surface area contributed by atoms with Crippen LogP contribution in [-0.2, 0) is 29.3 Å². The van der Waals surface area contributed by atoms with Crippen LogP contribution in [0.1, 0.15) is 13.8 Å². The highest BCUT2D eigenvalue weighted by molar-refractivity contribution is 8.13. The van der Waals surface area contributed by atoms with Gasteiger partial charge in [0.25, 0.3) is 10.1 Å². The average Bonchev–Trinajstić information content (AvgIpc) is 2.30. The van der Waals surface area contributed by atoms with Crippen molar-refractivity contribution in [2.45, 2.75) is 25.9 Å². The van der Waals surface area contributed by atoms with Crippen molar-refractivity contribution in [2.24, 2.45) is 0 Å². The van der Waals surface area contributed by atoms with Gasteiger partial charge in [-0.25, -0.2) is 4.79 Å². The van der Waals surface area contributed by atoms with Gasteiger partial charge in [-0.2, -0.15) is 8.42 Å². The van der Waals surface area contributed by atoms with Crippen LogP contribution in [0.3, 0.4) is 0 Å². The molecule has 22 heavy (non-hydrogen) atoms. The number of carboxylic acid groups (broad SMARTS) is 1. The number of carbonyl (C=O) groups is 4. The largest absolute Gasteiger partial charge is 0.480 e. The van der Waals surface area contributed by atoms with Crippen molar-refractivity contribution in [1.29, 1.82) is 0 Å². The Bertz CT molecular complexity index is 559. The van der Waals surface area contributed by atoms with Crippen molar-refractivity contribution in [3.05, 3.63) is 0 Å². The summed E-state index contributed by atoms with van der Waals surface area (Å²) >= 11 is 0.421. The first-order valence-corrected chi connectivity index (χ1v) is 8.40. The number of hydrogen-bond donors (Lipinski definition) is 4. The van der Waals surface area contributed by atoms with Crippen molar-refractivity contribution < 1.29 is 37.3 Å². The molecule has 10 nitrogen and oxygen atoms in total. The van der Waals surface area contributed by atoms with Crippen LogP contribution in [0.5, 0.6) is 0 Å². The van der Waals surface area contributed by atoms with Crippen molar-refractivity contribution in [3.63, 3.8) is 0 Å². The van der Waals surface area contributed by atoms with Crippen LogP contribution in [0.15, 0.2) is 0 Å². The van der Waals surface area contributed by atoms with Crippen LogP contribution in [-0.4, -0.2) is 64.6 Å². The Morgan fingerprint density at radius 2 is 1.50 bits per heavy atom. The number of nitrogens with one attached hydrogen (secondary N) is 2. The lowest BCUT2D eigenvalue weighted by Gasteiger charge is -2.16. The number of rotatable bonds is 8. The normalized spacial score (nSPS) is 13.8. The second-order valence-corrected chi connectivity index (χ2v) is 6.74. The van der Waals surface area contributed by atoms with Gasteiger partial charge in [0.15, 0.2) is 0 Å². The Morgan fingerprint density at radius 1 is 1.05 bits per heavy atom. The van der Waals surface area contributed by atoms with Gasteiger partial charge in [-0.15, -0.1) is 0 Å². The quantitative estimate of drug-likeness (QED) is 0.368. The molecule has 0 bridgehead atoms. The Balaban J connectivity index is 4.83. The van der Waals surface area contributed by atoms with E-state index >= 15 is 0 Å². The third-order valence-corrected chi connectivity index (χ3v) is 3.93. The molecule has 0 rings (SSSR count). The Labute approximate surface area is 130 Å². The molecule has 0 radical (unpaired) electrons. The van der Waals surface area contributed by atoms with E-state index in [1.54, 1.807) is 0 Å². The minimum atomic E-state index is -4.52. The number of aliphatic carboxylic acids is 1. The summed E-state index contributed by atoms with van der Waals surface area (Å²) < 4.78 is 30.4.